The summed E-state index contributed by atoms with van der Waals surface area (Å²) in [6, 6.07) is 2.81. The maximum absolute atomic E-state index is 14.9. The van der Waals surface area contributed by atoms with E-state index >= 15 is 0 Å². The van der Waals surface area contributed by atoms with Gasteiger partial charge in [-0.25, -0.2) is 17.6 Å². The van der Waals surface area contributed by atoms with Crippen LogP contribution in [0.4, 0.5) is 17.6 Å². The number of unbranched alkanes of at least 4 members (excludes halogenated alkanes) is 1. The highest BCUT2D eigenvalue weighted by Crippen LogP contribution is 2.48. The van der Waals surface area contributed by atoms with Crippen LogP contribution in [0, 0.1) is 17.6 Å². The van der Waals surface area contributed by atoms with Gasteiger partial charge in [-0.2, -0.15) is 0 Å². The minimum atomic E-state index is -3.09. The Hall–Kier alpha value is -1.18. The number of hydrogen-bond acceptors (Lipinski definition) is 3. The molecule has 7 heteroatoms. The average Bonchev–Trinajstić information content (AvgIpc) is 2.75. The Morgan fingerprint density at radius 3 is 2.42 bits per heavy atom. The molecule has 31 heavy (non-hydrogen) atoms. The van der Waals surface area contributed by atoms with Gasteiger partial charge in [0, 0.05) is 32.2 Å². The fourth-order valence-electron chi connectivity index (χ4n) is 4.68. The summed E-state index contributed by atoms with van der Waals surface area (Å²) in [6.45, 7) is 5.49. The Labute approximate surface area is 182 Å². The third-order valence-electron chi connectivity index (χ3n) is 6.48. The van der Waals surface area contributed by atoms with Crippen molar-refractivity contribution in [2.24, 2.45) is 5.92 Å². The molecule has 2 fully saturated rings. The molecule has 1 aliphatic heterocycles. The minimum Gasteiger partial charge on any atom is -0.381 e. The Kier molecular flexibility index (Phi) is 8.76. The van der Waals surface area contributed by atoms with Crippen molar-refractivity contribution in [1.29, 1.82) is 0 Å². The third kappa shape index (κ3) is 5.99. The highest BCUT2D eigenvalue weighted by atomic mass is 19.3. The summed E-state index contributed by atoms with van der Waals surface area (Å²) in [5.74, 6) is -7.14. The predicted molar refractivity (Wildman–Crippen MR) is 110 cm³/mol. The lowest BCUT2D eigenvalue weighted by Crippen LogP contribution is -2.36. The van der Waals surface area contributed by atoms with E-state index in [0.29, 0.717) is 32.5 Å². The number of hydrogen-bond donors (Lipinski definition) is 0. The molecule has 0 bridgehead atoms. The van der Waals surface area contributed by atoms with Crippen LogP contribution in [-0.2, 0) is 14.2 Å². The lowest BCUT2D eigenvalue weighted by atomic mass is 9.75. The molecule has 3 rings (SSSR count). The predicted octanol–water partition coefficient (Wildman–Crippen LogP) is 6.56. The summed E-state index contributed by atoms with van der Waals surface area (Å²) in [6.07, 6.45) is 3.12. The van der Waals surface area contributed by atoms with Crippen LogP contribution in [0.25, 0.3) is 0 Å². The van der Waals surface area contributed by atoms with Crippen LogP contribution in [0.1, 0.15) is 81.8 Å². The summed E-state index contributed by atoms with van der Waals surface area (Å²) in [7, 11) is 0. The van der Waals surface area contributed by atoms with Crippen LogP contribution in [0.2, 0.25) is 0 Å². The van der Waals surface area contributed by atoms with E-state index in [9.17, 15) is 17.6 Å². The van der Waals surface area contributed by atoms with Gasteiger partial charge in [-0.1, -0.05) is 25.5 Å². The molecule has 0 amide bonds. The van der Waals surface area contributed by atoms with Crippen molar-refractivity contribution in [3.8, 4) is 0 Å². The van der Waals surface area contributed by atoms with Gasteiger partial charge in [-0.3, -0.25) is 0 Å². The maximum atomic E-state index is 14.9. The molecule has 4 atom stereocenters. The molecule has 3 nitrogen and oxygen atoms in total. The molecule has 1 aliphatic carbocycles. The topological polar surface area (TPSA) is 27.7 Å². The first-order valence-corrected chi connectivity index (χ1v) is 11.5. The molecule has 2 aliphatic rings. The van der Waals surface area contributed by atoms with E-state index in [-0.39, 0.29) is 55.3 Å². The number of halogens is 4. The standard InChI is InChI=1S/C24H34F4O3/c1-3-5-12-30-21-11-7-17(15-31-21)18-8-9-19(23(26)22(18)25)20-10-6-16(14-29-4-2)13-24(20,27)28/h8-9,16-17,20-21H,3-7,10-15H2,1-2H3. The molecule has 176 valence electrons. The van der Waals surface area contributed by atoms with Gasteiger partial charge in [0.15, 0.2) is 17.9 Å². The molecule has 1 heterocycles. The lowest BCUT2D eigenvalue weighted by Gasteiger charge is -2.36. The Morgan fingerprint density at radius 1 is 1.03 bits per heavy atom. The van der Waals surface area contributed by atoms with Crippen LogP contribution in [0.5, 0.6) is 0 Å². The largest absolute Gasteiger partial charge is 0.381 e. The fourth-order valence-corrected chi connectivity index (χ4v) is 4.68. The van der Waals surface area contributed by atoms with E-state index in [0.717, 1.165) is 12.8 Å². The normalized spacial score (nSPS) is 28.6. The van der Waals surface area contributed by atoms with E-state index in [2.05, 4.69) is 6.92 Å². The maximum Gasteiger partial charge on any atom is 0.255 e. The van der Waals surface area contributed by atoms with Gasteiger partial charge in [0.1, 0.15) is 0 Å². The molecule has 1 saturated carbocycles. The zero-order chi connectivity index (χ0) is 22.4. The zero-order valence-electron chi connectivity index (χ0n) is 18.5. The smallest absolute Gasteiger partial charge is 0.255 e. The van der Waals surface area contributed by atoms with Crippen LogP contribution in [0.15, 0.2) is 12.1 Å². The number of alkyl halides is 2. The Morgan fingerprint density at radius 2 is 1.77 bits per heavy atom. The highest BCUT2D eigenvalue weighted by molar-refractivity contribution is 5.33. The monoisotopic (exact) mass is 446 g/mol. The summed E-state index contributed by atoms with van der Waals surface area (Å²) in [5, 5.41) is 0. The summed E-state index contributed by atoms with van der Waals surface area (Å²) >= 11 is 0. The van der Waals surface area contributed by atoms with Crippen molar-refractivity contribution in [2.45, 2.75) is 82.8 Å². The number of ether oxygens (including phenoxy) is 3. The first-order chi connectivity index (χ1) is 14.9. The SMILES string of the molecule is CCCCOC1CCC(c2ccc(C3CCC(COCC)CC3(F)F)c(F)c2F)CO1. The van der Waals surface area contributed by atoms with Crippen LogP contribution < -0.4 is 0 Å². The summed E-state index contributed by atoms with van der Waals surface area (Å²) in [5.41, 5.74) is -0.0276. The molecule has 0 radical (unpaired) electrons. The average molecular weight is 447 g/mol. The van der Waals surface area contributed by atoms with Crippen LogP contribution in [-0.4, -0.2) is 38.6 Å². The van der Waals surface area contributed by atoms with Crippen molar-refractivity contribution in [1.82, 2.24) is 0 Å². The van der Waals surface area contributed by atoms with Crippen LogP contribution in [0.3, 0.4) is 0 Å². The first-order valence-electron chi connectivity index (χ1n) is 11.5. The van der Waals surface area contributed by atoms with E-state index < -0.39 is 23.5 Å². The second-order valence-electron chi connectivity index (χ2n) is 8.75. The molecule has 0 spiro atoms. The third-order valence-corrected chi connectivity index (χ3v) is 6.48. The van der Waals surface area contributed by atoms with Gasteiger partial charge in [0.25, 0.3) is 5.92 Å². The molecule has 0 aromatic heterocycles. The van der Waals surface area contributed by atoms with Crippen molar-refractivity contribution in [3.63, 3.8) is 0 Å². The Bertz CT molecular complexity index is 704. The zero-order valence-corrected chi connectivity index (χ0v) is 18.5. The Balaban J connectivity index is 1.66. The second kappa shape index (κ2) is 11.1. The molecular weight excluding hydrogens is 412 g/mol. The minimum absolute atomic E-state index is 0.115. The first kappa shape index (κ1) is 24.5. The van der Waals surface area contributed by atoms with Gasteiger partial charge < -0.3 is 14.2 Å². The molecule has 1 aromatic rings. The molecule has 0 N–H and O–H groups in total. The second-order valence-corrected chi connectivity index (χ2v) is 8.75. The fraction of sp³-hybridized carbons (Fsp3) is 0.750. The van der Waals surface area contributed by atoms with E-state index in [1.165, 1.54) is 12.1 Å². The summed E-state index contributed by atoms with van der Waals surface area (Å²) in [4.78, 5) is 0. The van der Waals surface area contributed by atoms with Crippen molar-refractivity contribution in [3.05, 3.63) is 34.9 Å². The van der Waals surface area contributed by atoms with Crippen molar-refractivity contribution < 1.29 is 31.8 Å². The van der Waals surface area contributed by atoms with Crippen molar-refractivity contribution in [2.75, 3.05) is 26.4 Å². The lowest BCUT2D eigenvalue weighted by molar-refractivity contribution is -0.167. The van der Waals surface area contributed by atoms with Gasteiger partial charge in [0.05, 0.1) is 12.5 Å². The summed E-state index contributed by atoms with van der Waals surface area (Å²) < 4.78 is 76.0. The molecular formula is C24H34F4O3. The molecule has 1 saturated heterocycles. The van der Waals surface area contributed by atoms with Gasteiger partial charge in [-0.05, 0) is 56.1 Å². The van der Waals surface area contributed by atoms with E-state index in [1.54, 1.807) is 0 Å². The number of rotatable bonds is 9. The highest BCUT2D eigenvalue weighted by Gasteiger charge is 2.47. The van der Waals surface area contributed by atoms with E-state index in [4.69, 9.17) is 14.2 Å². The van der Waals surface area contributed by atoms with Gasteiger partial charge in [-0.15, -0.1) is 0 Å². The van der Waals surface area contributed by atoms with Crippen molar-refractivity contribution >= 4 is 0 Å². The van der Waals surface area contributed by atoms with Gasteiger partial charge >= 0.3 is 0 Å². The number of benzene rings is 1. The quantitative estimate of drug-likeness (QED) is 0.318. The molecule has 1 aromatic carbocycles. The van der Waals surface area contributed by atoms with Gasteiger partial charge in [0.2, 0.25) is 0 Å². The van der Waals surface area contributed by atoms with Crippen LogP contribution >= 0.6 is 0 Å². The molecule has 4 unspecified atom stereocenters. The van der Waals surface area contributed by atoms with E-state index in [1.807, 2.05) is 6.92 Å².